The monoisotopic (exact) mass is 430 g/mol. The van der Waals surface area contributed by atoms with E-state index in [4.69, 9.17) is 9.97 Å². The number of hydrogen-bond acceptors (Lipinski definition) is 5. The lowest BCUT2D eigenvalue weighted by atomic mass is 10.0. The Hall–Kier alpha value is -2.19. The molecule has 0 N–H and O–H groups in total. The van der Waals surface area contributed by atoms with E-state index in [0.717, 1.165) is 37.2 Å². The molecule has 1 aromatic carbocycles. The number of aromatic nitrogens is 3. The van der Waals surface area contributed by atoms with Crippen molar-refractivity contribution in [2.75, 3.05) is 6.54 Å². The summed E-state index contributed by atoms with van der Waals surface area (Å²) in [5.41, 5.74) is 1.42. The van der Waals surface area contributed by atoms with E-state index in [2.05, 4.69) is 4.90 Å². The fourth-order valence-corrected chi connectivity index (χ4v) is 5.89. The molecule has 2 aromatic heterocycles. The predicted molar refractivity (Wildman–Crippen MR) is 113 cm³/mol. The standard InChI is InChI=1S/C22H24F2N4OS/c23-19(24)12-28-21(26-15-7-2-1-6-14(15)22(28)29)17-9-5-11-27(17)13-20-25-16-8-3-4-10-18(16)30-20/h1-2,6-7,17,19H,3-5,8-13H2. The van der Waals surface area contributed by atoms with Gasteiger partial charge in [-0.05, 0) is 57.2 Å². The van der Waals surface area contributed by atoms with Gasteiger partial charge in [-0.1, -0.05) is 12.1 Å². The zero-order valence-electron chi connectivity index (χ0n) is 16.7. The van der Waals surface area contributed by atoms with Gasteiger partial charge < -0.3 is 0 Å². The molecule has 30 heavy (non-hydrogen) atoms. The fourth-order valence-electron chi connectivity index (χ4n) is 4.71. The average Bonchev–Trinajstić information content (AvgIpc) is 3.36. The molecular formula is C22H24F2N4OS. The second-order valence-electron chi connectivity index (χ2n) is 8.11. The highest BCUT2D eigenvalue weighted by atomic mass is 32.1. The Labute approximate surface area is 177 Å². The Bertz CT molecular complexity index is 1100. The SMILES string of the molecule is O=c1c2ccccc2nc(C2CCCN2Cc2nc3c(s2)CCCC3)n1CC(F)F. The van der Waals surface area contributed by atoms with Gasteiger partial charge in [-0.25, -0.2) is 18.7 Å². The van der Waals surface area contributed by atoms with Gasteiger partial charge in [0.15, 0.2) is 0 Å². The molecule has 1 aliphatic carbocycles. The molecule has 1 saturated heterocycles. The molecule has 3 heterocycles. The second-order valence-corrected chi connectivity index (χ2v) is 9.28. The van der Waals surface area contributed by atoms with Gasteiger partial charge in [-0.3, -0.25) is 14.3 Å². The van der Waals surface area contributed by atoms with Crippen molar-refractivity contribution in [2.24, 2.45) is 0 Å². The van der Waals surface area contributed by atoms with Gasteiger partial charge in [-0.2, -0.15) is 0 Å². The van der Waals surface area contributed by atoms with Gasteiger partial charge in [0.05, 0.1) is 35.7 Å². The van der Waals surface area contributed by atoms with Gasteiger partial charge in [0.1, 0.15) is 10.8 Å². The maximum Gasteiger partial charge on any atom is 0.261 e. The molecule has 5 rings (SSSR count). The maximum absolute atomic E-state index is 13.3. The number of nitrogens with zero attached hydrogens (tertiary/aromatic N) is 4. The van der Waals surface area contributed by atoms with Crippen LogP contribution in [0.2, 0.25) is 0 Å². The highest BCUT2D eigenvalue weighted by Crippen LogP contribution is 2.34. The number of para-hydroxylation sites is 1. The van der Waals surface area contributed by atoms with E-state index >= 15 is 0 Å². The molecule has 0 amide bonds. The van der Waals surface area contributed by atoms with Crippen LogP contribution in [0.3, 0.4) is 0 Å². The maximum atomic E-state index is 13.3. The van der Waals surface area contributed by atoms with Crippen LogP contribution in [0.25, 0.3) is 10.9 Å². The van der Waals surface area contributed by atoms with Crippen molar-refractivity contribution >= 4 is 22.2 Å². The van der Waals surface area contributed by atoms with Crippen molar-refractivity contribution in [3.05, 3.63) is 56.0 Å². The third kappa shape index (κ3) is 3.67. The highest BCUT2D eigenvalue weighted by molar-refractivity contribution is 7.11. The molecular weight excluding hydrogens is 406 g/mol. The Kier molecular flexibility index (Phi) is 5.37. The van der Waals surface area contributed by atoms with Gasteiger partial charge in [0.2, 0.25) is 0 Å². The minimum atomic E-state index is -2.61. The van der Waals surface area contributed by atoms with E-state index in [1.807, 2.05) is 6.07 Å². The van der Waals surface area contributed by atoms with Crippen LogP contribution >= 0.6 is 11.3 Å². The number of fused-ring (bicyclic) bond motifs is 2. The number of benzene rings is 1. The van der Waals surface area contributed by atoms with Crippen LogP contribution in [-0.4, -0.2) is 32.4 Å². The van der Waals surface area contributed by atoms with Crippen LogP contribution in [0.15, 0.2) is 29.1 Å². The van der Waals surface area contributed by atoms with Crippen LogP contribution in [-0.2, 0) is 25.9 Å². The first-order valence-electron chi connectivity index (χ1n) is 10.6. The molecule has 3 aromatic rings. The Morgan fingerprint density at radius 2 is 1.97 bits per heavy atom. The number of thiazole rings is 1. The summed E-state index contributed by atoms with van der Waals surface area (Å²) in [6.07, 6.45) is 3.73. The van der Waals surface area contributed by atoms with Crippen molar-refractivity contribution in [3.63, 3.8) is 0 Å². The summed E-state index contributed by atoms with van der Waals surface area (Å²) in [7, 11) is 0. The summed E-state index contributed by atoms with van der Waals surface area (Å²) in [4.78, 5) is 26.2. The summed E-state index contributed by atoms with van der Waals surface area (Å²) >= 11 is 1.78. The topological polar surface area (TPSA) is 51.0 Å². The average molecular weight is 431 g/mol. The number of rotatable bonds is 5. The molecule has 2 aliphatic rings. The van der Waals surface area contributed by atoms with E-state index in [1.54, 1.807) is 29.5 Å². The minimum Gasteiger partial charge on any atom is -0.289 e. The zero-order chi connectivity index (χ0) is 20.7. The third-order valence-electron chi connectivity index (χ3n) is 6.10. The largest absolute Gasteiger partial charge is 0.289 e. The van der Waals surface area contributed by atoms with Gasteiger partial charge in [-0.15, -0.1) is 11.3 Å². The van der Waals surface area contributed by atoms with Crippen molar-refractivity contribution in [3.8, 4) is 0 Å². The van der Waals surface area contributed by atoms with E-state index in [1.165, 1.54) is 28.0 Å². The molecule has 0 radical (unpaired) electrons. The molecule has 5 nitrogen and oxygen atoms in total. The summed E-state index contributed by atoms with van der Waals surface area (Å²) in [6, 6.07) is 6.85. The summed E-state index contributed by atoms with van der Waals surface area (Å²) < 4.78 is 27.9. The van der Waals surface area contributed by atoms with Crippen LogP contribution < -0.4 is 5.56 Å². The molecule has 0 spiro atoms. The minimum absolute atomic E-state index is 0.151. The Morgan fingerprint density at radius 3 is 2.80 bits per heavy atom. The normalized spacial score (nSPS) is 19.6. The lowest BCUT2D eigenvalue weighted by Crippen LogP contribution is -2.33. The van der Waals surface area contributed by atoms with Crippen LogP contribution in [0, 0.1) is 0 Å². The number of alkyl halides is 2. The zero-order valence-corrected chi connectivity index (χ0v) is 17.5. The Balaban J connectivity index is 1.51. The van der Waals surface area contributed by atoms with E-state index in [-0.39, 0.29) is 11.6 Å². The molecule has 1 aliphatic heterocycles. The van der Waals surface area contributed by atoms with Crippen LogP contribution in [0.5, 0.6) is 0 Å². The lowest BCUT2D eigenvalue weighted by molar-refractivity contribution is 0.120. The number of likely N-dealkylation sites (tertiary alicyclic amines) is 1. The Morgan fingerprint density at radius 1 is 1.13 bits per heavy atom. The molecule has 0 saturated carbocycles. The first kappa shape index (κ1) is 19.8. The van der Waals surface area contributed by atoms with Crippen LogP contribution in [0.1, 0.15) is 53.1 Å². The van der Waals surface area contributed by atoms with Crippen molar-refractivity contribution in [2.45, 2.75) is 64.1 Å². The number of halogens is 2. The van der Waals surface area contributed by atoms with E-state index in [9.17, 15) is 13.6 Å². The summed E-state index contributed by atoms with van der Waals surface area (Å²) in [5, 5.41) is 1.47. The van der Waals surface area contributed by atoms with Crippen LogP contribution in [0.4, 0.5) is 8.78 Å². The quantitative estimate of drug-likeness (QED) is 0.605. The first-order chi connectivity index (χ1) is 14.6. The molecule has 8 heteroatoms. The third-order valence-corrected chi connectivity index (χ3v) is 7.24. The summed E-state index contributed by atoms with van der Waals surface area (Å²) in [5.74, 6) is 0.456. The fraction of sp³-hybridized carbons (Fsp3) is 0.500. The smallest absolute Gasteiger partial charge is 0.261 e. The number of hydrogen-bond donors (Lipinski definition) is 0. The van der Waals surface area contributed by atoms with Crippen molar-refractivity contribution in [1.82, 2.24) is 19.4 Å². The van der Waals surface area contributed by atoms with Gasteiger partial charge >= 0.3 is 0 Å². The van der Waals surface area contributed by atoms with Crippen molar-refractivity contribution in [1.29, 1.82) is 0 Å². The predicted octanol–water partition coefficient (Wildman–Crippen LogP) is 4.33. The lowest BCUT2D eigenvalue weighted by Gasteiger charge is -2.25. The molecule has 158 valence electrons. The first-order valence-corrected chi connectivity index (χ1v) is 11.4. The van der Waals surface area contributed by atoms with E-state index in [0.29, 0.717) is 23.3 Å². The van der Waals surface area contributed by atoms with E-state index < -0.39 is 13.0 Å². The molecule has 0 bridgehead atoms. The molecule has 1 fully saturated rings. The highest BCUT2D eigenvalue weighted by Gasteiger charge is 2.32. The number of aryl methyl sites for hydroxylation is 2. The van der Waals surface area contributed by atoms with Gasteiger partial charge in [0, 0.05) is 4.88 Å². The van der Waals surface area contributed by atoms with Gasteiger partial charge in [0.25, 0.3) is 12.0 Å². The molecule has 1 unspecified atom stereocenters. The summed E-state index contributed by atoms with van der Waals surface area (Å²) in [6.45, 7) is 0.911. The van der Waals surface area contributed by atoms with Crippen molar-refractivity contribution < 1.29 is 8.78 Å². The molecule has 1 atom stereocenters. The second kappa shape index (κ2) is 8.15.